The highest BCUT2D eigenvalue weighted by atomic mass is 32.1. The summed E-state index contributed by atoms with van der Waals surface area (Å²) in [6, 6.07) is 8.06. The number of hydrogen-bond acceptors (Lipinski definition) is 3. The van der Waals surface area contributed by atoms with Crippen LogP contribution in [0.25, 0.3) is 10.4 Å². The van der Waals surface area contributed by atoms with Gasteiger partial charge in [-0.1, -0.05) is 6.07 Å². The Labute approximate surface area is 111 Å². The van der Waals surface area contributed by atoms with Crippen LogP contribution in [0.15, 0.2) is 36.0 Å². The Balaban J connectivity index is 1.68. The molecule has 0 saturated carbocycles. The van der Waals surface area contributed by atoms with Gasteiger partial charge in [-0.2, -0.15) is 0 Å². The molecule has 2 bridgehead atoms. The number of pyridine rings is 1. The molecule has 2 saturated heterocycles. The first-order valence-electron chi connectivity index (χ1n) is 6.65. The second-order valence-corrected chi connectivity index (χ2v) is 6.32. The molecule has 18 heavy (non-hydrogen) atoms. The molecule has 92 valence electrons. The van der Waals surface area contributed by atoms with Crippen LogP contribution in [0, 0.1) is 0 Å². The minimum absolute atomic E-state index is 0.677. The molecule has 0 spiro atoms. The van der Waals surface area contributed by atoms with E-state index in [2.05, 4.69) is 40.1 Å². The summed E-state index contributed by atoms with van der Waals surface area (Å²) in [5, 5.41) is 5.83. The molecular weight excluding hydrogens is 240 g/mol. The number of rotatable bonds is 2. The molecular formula is C15H16N2S. The Kier molecular flexibility index (Phi) is 2.49. The topological polar surface area (TPSA) is 24.9 Å². The third kappa shape index (κ3) is 1.70. The zero-order valence-corrected chi connectivity index (χ0v) is 11.0. The first-order valence-corrected chi connectivity index (χ1v) is 7.53. The van der Waals surface area contributed by atoms with Gasteiger partial charge in [-0.3, -0.25) is 4.98 Å². The summed E-state index contributed by atoms with van der Waals surface area (Å²) in [4.78, 5) is 5.77. The minimum Gasteiger partial charge on any atom is -0.311 e. The van der Waals surface area contributed by atoms with E-state index in [1.807, 2.05) is 6.20 Å². The highest BCUT2D eigenvalue weighted by Gasteiger charge is 2.39. The number of thiophene rings is 1. The summed E-state index contributed by atoms with van der Waals surface area (Å²) in [5.41, 5.74) is 2.69. The molecule has 0 aromatic carbocycles. The van der Waals surface area contributed by atoms with Crippen molar-refractivity contribution >= 4 is 11.3 Å². The number of aromatic nitrogens is 1. The van der Waals surface area contributed by atoms with Gasteiger partial charge < -0.3 is 5.32 Å². The van der Waals surface area contributed by atoms with E-state index >= 15 is 0 Å². The van der Waals surface area contributed by atoms with Crippen LogP contribution in [0.2, 0.25) is 0 Å². The van der Waals surface area contributed by atoms with Crippen molar-refractivity contribution in [3.63, 3.8) is 0 Å². The van der Waals surface area contributed by atoms with Crippen molar-refractivity contribution in [2.45, 2.75) is 37.3 Å². The second-order valence-electron chi connectivity index (χ2n) is 5.37. The van der Waals surface area contributed by atoms with Crippen molar-refractivity contribution in [1.82, 2.24) is 10.3 Å². The van der Waals surface area contributed by atoms with Gasteiger partial charge in [0.2, 0.25) is 0 Å². The lowest BCUT2D eigenvalue weighted by Crippen LogP contribution is -2.21. The Bertz CT molecular complexity index is 549. The van der Waals surface area contributed by atoms with Crippen molar-refractivity contribution < 1.29 is 0 Å². The van der Waals surface area contributed by atoms with Crippen molar-refractivity contribution in [3.05, 3.63) is 41.5 Å². The van der Waals surface area contributed by atoms with E-state index in [1.165, 1.54) is 35.3 Å². The van der Waals surface area contributed by atoms with E-state index in [-0.39, 0.29) is 0 Å². The SMILES string of the molecule is c1csc(-c2cncc(C3CC4CCC3N4)c2)c1. The fourth-order valence-electron chi connectivity index (χ4n) is 3.43. The predicted molar refractivity (Wildman–Crippen MR) is 74.9 cm³/mol. The van der Waals surface area contributed by atoms with Gasteiger partial charge >= 0.3 is 0 Å². The van der Waals surface area contributed by atoms with E-state index < -0.39 is 0 Å². The molecule has 0 amide bonds. The molecule has 2 nitrogen and oxygen atoms in total. The molecule has 2 aromatic rings. The number of fused-ring (bicyclic) bond motifs is 2. The van der Waals surface area contributed by atoms with Crippen LogP contribution in [0.5, 0.6) is 0 Å². The zero-order valence-electron chi connectivity index (χ0n) is 10.2. The van der Waals surface area contributed by atoms with Crippen LogP contribution >= 0.6 is 11.3 Å². The Morgan fingerprint density at radius 1 is 1.28 bits per heavy atom. The molecule has 4 rings (SSSR count). The summed E-state index contributed by atoms with van der Waals surface area (Å²) in [7, 11) is 0. The van der Waals surface area contributed by atoms with Gasteiger partial charge in [-0.05, 0) is 42.3 Å². The zero-order chi connectivity index (χ0) is 11.9. The Hall–Kier alpha value is -1.19. The van der Waals surface area contributed by atoms with E-state index in [4.69, 9.17) is 0 Å². The highest BCUT2D eigenvalue weighted by Crippen LogP contribution is 2.40. The lowest BCUT2D eigenvalue weighted by Gasteiger charge is -2.20. The van der Waals surface area contributed by atoms with Gasteiger partial charge in [-0.15, -0.1) is 11.3 Å². The van der Waals surface area contributed by atoms with Gasteiger partial charge in [0.1, 0.15) is 0 Å². The maximum Gasteiger partial charge on any atom is 0.0358 e. The van der Waals surface area contributed by atoms with E-state index in [1.54, 1.807) is 11.3 Å². The molecule has 2 aromatic heterocycles. The second kappa shape index (κ2) is 4.18. The maximum absolute atomic E-state index is 4.45. The molecule has 2 fully saturated rings. The summed E-state index contributed by atoms with van der Waals surface area (Å²) in [6.45, 7) is 0. The minimum atomic E-state index is 0.677. The van der Waals surface area contributed by atoms with Gasteiger partial charge in [0.25, 0.3) is 0 Å². The Morgan fingerprint density at radius 2 is 2.28 bits per heavy atom. The van der Waals surface area contributed by atoms with Crippen LogP contribution in [0.3, 0.4) is 0 Å². The molecule has 1 N–H and O–H groups in total. The number of nitrogens with zero attached hydrogens (tertiary/aromatic N) is 1. The molecule has 0 aliphatic carbocycles. The third-order valence-corrected chi connectivity index (χ3v) is 5.21. The van der Waals surface area contributed by atoms with Crippen LogP contribution in [0.1, 0.15) is 30.7 Å². The average molecular weight is 256 g/mol. The molecule has 2 aliphatic heterocycles. The number of nitrogens with one attached hydrogen (secondary N) is 1. The molecule has 4 heterocycles. The fraction of sp³-hybridized carbons (Fsp3) is 0.400. The third-order valence-electron chi connectivity index (χ3n) is 4.29. The normalized spacial score (nSPS) is 29.9. The molecule has 3 unspecified atom stereocenters. The predicted octanol–water partition coefficient (Wildman–Crippen LogP) is 3.42. The van der Waals surface area contributed by atoms with Gasteiger partial charge in [0.15, 0.2) is 0 Å². The monoisotopic (exact) mass is 256 g/mol. The van der Waals surface area contributed by atoms with Crippen LogP contribution in [-0.4, -0.2) is 17.1 Å². The van der Waals surface area contributed by atoms with Crippen LogP contribution < -0.4 is 5.32 Å². The van der Waals surface area contributed by atoms with Crippen molar-refractivity contribution in [2.24, 2.45) is 0 Å². The largest absolute Gasteiger partial charge is 0.311 e. The molecule has 3 atom stereocenters. The maximum atomic E-state index is 4.45. The van der Waals surface area contributed by atoms with Crippen LogP contribution in [-0.2, 0) is 0 Å². The molecule has 2 aliphatic rings. The smallest absolute Gasteiger partial charge is 0.0358 e. The van der Waals surface area contributed by atoms with Crippen molar-refractivity contribution in [1.29, 1.82) is 0 Å². The van der Waals surface area contributed by atoms with Crippen molar-refractivity contribution in [3.8, 4) is 10.4 Å². The summed E-state index contributed by atoms with van der Waals surface area (Å²) in [6.07, 6.45) is 8.03. The molecule has 3 heteroatoms. The van der Waals surface area contributed by atoms with E-state index in [9.17, 15) is 0 Å². The number of hydrogen-bond donors (Lipinski definition) is 1. The fourth-order valence-corrected chi connectivity index (χ4v) is 4.14. The lowest BCUT2D eigenvalue weighted by atomic mass is 9.84. The van der Waals surface area contributed by atoms with Gasteiger partial charge in [-0.25, -0.2) is 0 Å². The summed E-state index contributed by atoms with van der Waals surface area (Å²) in [5.74, 6) is 0.677. The quantitative estimate of drug-likeness (QED) is 0.890. The first kappa shape index (κ1) is 10.7. The summed E-state index contributed by atoms with van der Waals surface area (Å²) >= 11 is 1.79. The average Bonchev–Trinajstić information content (AvgIpc) is 3.15. The van der Waals surface area contributed by atoms with Gasteiger partial charge in [0, 0.05) is 40.8 Å². The highest BCUT2D eigenvalue weighted by molar-refractivity contribution is 7.13. The molecule has 0 radical (unpaired) electrons. The van der Waals surface area contributed by atoms with Gasteiger partial charge in [0.05, 0.1) is 0 Å². The van der Waals surface area contributed by atoms with E-state index in [0.717, 1.165) is 6.04 Å². The van der Waals surface area contributed by atoms with Crippen LogP contribution in [0.4, 0.5) is 0 Å². The van der Waals surface area contributed by atoms with Crippen molar-refractivity contribution in [2.75, 3.05) is 0 Å². The Morgan fingerprint density at radius 3 is 3.00 bits per heavy atom. The van der Waals surface area contributed by atoms with E-state index in [0.29, 0.717) is 12.0 Å². The summed E-state index contributed by atoms with van der Waals surface area (Å²) < 4.78 is 0. The first-order chi connectivity index (χ1) is 8.90. The lowest BCUT2D eigenvalue weighted by molar-refractivity contribution is 0.505. The standard InChI is InChI=1S/C15H16N2S/c1-2-15(18-5-1)11-6-10(8-16-9-11)13-7-12-3-4-14(13)17-12/h1-2,5-6,8-9,12-14,17H,3-4,7H2.